The highest BCUT2D eigenvalue weighted by molar-refractivity contribution is 5.80. The van der Waals surface area contributed by atoms with E-state index >= 15 is 0 Å². The average molecular weight is 275 g/mol. The van der Waals surface area contributed by atoms with Crippen molar-refractivity contribution in [3.8, 4) is 0 Å². The van der Waals surface area contributed by atoms with E-state index in [9.17, 15) is 9.90 Å². The van der Waals surface area contributed by atoms with Crippen LogP contribution in [0.2, 0.25) is 0 Å². The predicted molar refractivity (Wildman–Crippen MR) is 80.3 cm³/mol. The van der Waals surface area contributed by atoms with Crippen molar-refractivity contribution in [2.24, 2.45) is 0 Å². The highest BCUT2D eigenvalue weighted by atomic mass is 16.3. The van der Waals surface area contributed by atoms with E-state index in [4.69, 9.17) is 0 Å². The quantitative estimate of drug-likeness (QED) is 0.917. The number of aliphatic hydroxyl groups excluding tert-OH is 1. The molecular formula is C17H25NO2. The zero-order valence-corrected chi connectivity index (χ0v) is 12.5. The largest absolute Gasteiger partial charge is 0.384 e. The normalized spacial score (nSPS) is 17.8. The molecule has 0 saturated heterocycles. The number of rotatable bonds is 4. The van der Waals surface area contributed by atoms with Crippen LogP contribution in [0, 0.1) is 6.92 Å². The topological polar surface area (TPSA) is 40.5 Å². The summed E-state index contributed by atoms with van der Waals surface area (Å²) >= 11 is 0. The first-order valence-electron chi connectivity index (χ1n) is 7.62. The molecule has 1 aliphatic rings. The van der Waals surface area contributed by atoms with E-state index in [0.29, 0.717) is 6.54 Å². The van der Waals surface area contributed by atoms with Gasteiger partial charge < -0.3 is 10.0 Å². The van der Waals surface area contributed by atoms with Gasteiger partial charge in [0.05, 0.1) is 0 Å². The summed E-state index contributed by atoms with van der Waals surface area (Å²) in [6.45, 7) is 4.23. The molecule has 1 atom stereocenters. The number of aryl methyl sites for hydroxylation is 1. The van der Waals surface area contributed by atoms with E-state index in [1.807, 2.05) is 4.90 Å². The van der Waals surface area contributed by atoms with Crippen molar-refractivity contribution in [1.29, 1.82) is 0 Å². The number of carbonyl (C=O) groups excluding carboxylic acids is 1. The van der Waals surface area contributed by atoms with Crippen molar-refractivity contribution in [2.75, 3.05) is 0 Å². The number of hydrogen-bond donors (Lipinski definition) is 1. The number of aliphatic hydroxyl groups is 1. The highest BCUT2D eigenvalue weighted by Crippen LogP contribution is 2.25. The van der Waals surface area contributed by atoms with Gasteiger partial charge in [0.1, 0.15) is 6.10 Å². The molecular weight excluding hydrogens is 250 g/mol. The minimum Gasteiger partial charge on any atom is -0.384 e. The summed E-state index contributed by atoms with van der Waals surface area (Å²) < 4.78 is 0. The maximum absolute atomic E-state index is 12.3. The van der Waals surface area contributed by atoms with Gasteiger partial charge in [-0.15, -0.1) is 0 Å². The van der Waals surface area contributed by atoms with Gasteiger partial charge in [-0.05, 0) is 32.3 Å². The number of nitrogens with zero attached hydrogens (tertiary/aromatic N) is 1. The fourth-order valence-corrected chi connectivity index (χ4v) is 2.91. The molecule has 0 spiro atoms. The Bertz CT molecular complexity index is 433. The van der Waals surface area contributed by atoms with E-state index in [1.54, 1.807) is 6.92 Å². The second-order valence-corrected chi connectivity index (χ2v) is 5.92. The molecule has 1 N–H and O–H groups in total. The lowest BCUT2D eigenvalue weighted by Gasteiger charge is -2.35. The predicted octanol–water partition coefficient (Wildman–Crippen LogP) is 3.04. The molecule has 0 aromatic heterocycles. The van der Waals surface area contributed by atoms with Crippen LogP contribution in [-0.2, 0) is 11.3 Å². The van der Waals surface area contributed by atoms with Crippen LogP contribution in [0.4, 0.5) is 0 Å². The lowest BCUT2D eigenvalue weighted by molar-refractivity contribution is -0.143. The molecule has 1 aliphatic carbocycles. The summed E-state index contributed by atoms with van der Waals surface area (Å²) in [6, 6.07) is 8.57. The molecule has 1 aromatic carbocycles. The zero-order valence-electron chi connectivity index (χ0n) is 12.5. The fraction of sp³-hybridized carbons (Fsp3) is 0.588. The maximum atomic E-state index is 12.3. The first-order chi connectivity index (χ1) is 9.58. The van der Waals surface area contributed by atoms with Crippen LogP contribution >= 0.6 is 0 Å². The molecule has 0 radical (unpaired) electrons. The number of amides is 1. The van der Waals surface area contributed by atoms with Crippen LogP contribution in [0.1, 0.15) is 50.2 Å². The molecule has 0 aliphatic heterocycles. The van der Waals surface area contributed by atoms with Gasteiger partial charge in [0.2, 0.25) is 0 Å². The van der Waals surface area contributed by atoms with E-state index in [2.05, 4.69) is 31.2 Å². The minimum absolute atomic E-state index is 0.141. The summed E-state index contributed by atoms with van der Waals surface area (Å²) in [5.74, 6) is -0.141. The Kier molecular flexibility index (Phi) is 5.18. The van der Waals surface area contributed by atoms with E-state index in [0.717, 1.165) is 18.4 Å². The molecule has 1 saturated carbocycles. The van der Waals surface area contributed by atoms with Gasteiger partial charge >= 0.3 is 0 Å². The first kappa shape index (κ1) is 15.0. The van der Waals surface area contributed by atoms with Crippen LogP contribution in [0.3, 0.4) is 0 Å². The smallest absolute Gasteiger partial charge is 0.251 e. The summed E-state index contributed by atoms with van der Waals surface area (Å²) in [5, 5.41) is 9.65. The Labute approximate surface area is 121 Å². The Morgan fingerprint density at radius 2 is 1.85 bits per heavy atom. The Hall–Kier alpha value is -1.35. The van der Waals surface area contributed by atoms with E-state index < -0.39 is 6.10 Å². The van der Waals surface area contributed by atoms with Gasteiger partial charge in [-0.25, -0.2) is 0 Å². The Morgan fingerprint density at radius 1 is 1.25 bits per heavy atom. The van der Waals surface area contributed by atoms with Crippen LogP contribution in [-0.4, -0.2) is 28.1 Å². The standard InChI is InChI=1S/C17H25NO2/c1-13-8-10-15(11-9-13)12-18(17(20)14(2)19)16-6-4-3-5-7-16/h8-11,14,16,19H,3-7,12H2,1-2H3. The van der Waals surface area contributed by atoms with Crippen LogP contribution in [0.25, 0.3) is 0 Å². The van der Waals surface area contributed by atoms with Crippen LogP contribution < -0.4 is 0 Å². The Balaban J connectivity index is 2.13. The van der Waals surface area contributed by atoms with Crippen molar-refractivity contribution in [3.63, 3.8) is 0 Å². The lowest BCUT2D eigenvalue weighted by Crippen LogP contribution is -2.45. The first-order valence-corrected chi connectivity index (χ1v) is 7.62. The molecule has 1 aromatic rings. The molecule has 2 rings (SSSR count). The van der Waals surface area contributed by atoms with Gasteiger partial charge in [-0.3, -0.25) is 4.79 Å². The van der Waals surface area contributed by atoms with Gasteiger partial charge in [-0.1, -0.05) is 49.1 Å². The molecule has 3 nitrogen and oxygen atoms in total. The summed E-state index contributed by atoms with van der Waals surface area (Å²) in [7, 11) is 0. The van der Waals surface area contributed by atoms with E-state index in [1.165, 1.54) is 24.8 Å². The van der Waals surface area contributed by atoms with Gasteiger partial charge in [-0.2, -0.15) is 0 Å². The third-order valence-corrected chi connectivity index (χ3v) is 4.13. The highest BCUT2D eigenvalue weighted by Gasteiger charge is 2.27. The number of carbonyl (C=O) groups is 1. The molecule has 1 fully saturated rings. The summed E-state index contributed by atoms with van der Waals surface area (Å²) in [4.78, 5) is 14.2. The fourth-order valence-electron chi connectivity index (χ4n) is 2.91. The van der Waals surface area contributed by atoms with Crippen LogP contribution in [0.15, 0.2) is 24.3 Å². The molecule has 0 bridgehead atoms. The van der Waals surface area contributed by atoms with Gasteiger partial charge in [0.15, 0.2) is 0 Å². The molecule has 0 heterocycles. The molecule has 110 valence electrons. The zero-order chi connectivity index (χ0) is 14.5. The van der Waals surface area contributed by atoms with Gasteiger partial charge in [0.25, 0.3) is 5.91 Å². The summed E-state index contributed by atoms with van der Waals surface area (Å²) in [5.41, 5.74) is 2.36. The third kappa shape index (κ3) is 3.83. The minimum atomic E-state index is -0.914. The van der Waals surface area contributed by atoms with Crippen LogP contribution in [0.5, 0.6) is 0 Å². The second kappa shape index (κ2) is 6.89. The number of hydrogen-bond acceptors (Lipinski definition) is 2. The SMILES string of the molecule is Cc1ccc(CN(C(=O)C(C)O)C2CCCCC2)cc1. The Morgan fingerprint density at radius 3 is 2.40 bits per heavy atom. The van der Waals surface area contributed by atoms with Crippen molar-refractivity contribution in [2.45, 2.75) is 64.6 Å². The monoisotopic (exact) mass is 275 g/mol. The lowest BCUT2D eigenvalue weighted by atomic mass is 9.93. The third-order valence-electron chi connectivity index (χ3n) is 4.13. The molecule has 1 unspecified atom stereocenters. The molecule has 3 heteroatoms. The van der Waals surface area contributed by atoms with Crippen molar-refractivity contribution in [1.82, 2.24) is 4.90 Å². The molecule has 1 amide bonds. The average Bonchev–Trinajstić information content (AvgIpc) is 2.47. The van der Waals surface area contributed by atoms with Crippen molar-refractivity contribution in [3.05, 3.63) is 35.4 Å². The van der Waals surface area contributed by atoms with E-state index in [-0.39, 0.29) is 11.9 Å². The van der Waals surface area contributed by atoms with Crippen molar-refractivity contribution < 1.29 is 9.90 Å². The van der Waals surface area contributed by atoms with Gasteiger partial charge in [0, 0.05) is 12.6 Å². The maximum Gasteiger partial charge on any atom is 0.251 e. The summed E-state index contributed by atoms with van der Waals surface area (Å²) in [6.07, 6.45) is 4.83. The molecule has 20 heavy (non-hydrogen) atoms. The second-order valence-electron chi connectivity index (χ2n) is 5.92. The van der Waals surface area contributed by atoms with Crippen molar-refractivity contribution >= 4 is 5.91 Å². The number of benzene rings is 1.